The Morgan fingerprint density at radius 2 is 1.45 bits per heavy atom. The van der Waals surface area contributed by atoms with E-state index in [4.69, 9.17) is 0 Å². The minimum atomic E-state index is -1.03. The van der Waals surface area contributed by atoms with E-state index in [1.165, 1.54) is 30.3 Å². The first kappa shape index (κ1) is 14.6. The zero-order valence-corrected chi connectivity index (χ0v) is 10.9. The Hall–Kier alpha value is -1.78. The standard InChI is InChI=1S/C16H16F2O2/c17-14-7-5-13(6-8-14)16(10-19,11-20)9-12-3-1-2-4-15(12)18/h1-8,19-20H,9-11H2. The van der Waals surface area contributed by atoms with Crippen LogP contribution in [0.5, 0.6) is 0 Å². The molecule has 0 aliphatic heterocycles. The fraction of sp³-hybridized carbons (Fsp3) is 0.250. The molecule has 20 heavy (non-hydrogen) atoms. The van der Waals surface area contributed by atoms with Gasteiger partial charge in [-0.25, -0.2) is 8.78 Å². The molecule has 2 aromatic rings. The fourth-order valence-electron chi connectivity index (χ4n) is 2.26. The van der Waals surface area contributed by atoms with E-state index < -0.39 is 11.2 Å². The molecule has 0 bridgehead atoms. The second-order valence-electron chi connectivity index (χ2n) is 4.87. The quantitative estimate of drug-likeness (QED) is 0.882. The largest absolute Gasteiger partial charge is 0.395 e. The van der Waals surface area contributed by atoms with Gasteiger partial charge >= 0.3 is 0 Å². The van der Waals surface area contributed by atoms with Gasteiger partial charge in [0.05, 0.1) is 13.2 Å². The van der Waals surface area contributed by atoms with Crippen LogP contribution in [0, 0.1) is 11.6 Å². The van der Waals surface area contributed by atoms with Crippen LogP contribution in [0.4, 0.5) is 8.78 Å². The average Bonchev–Trinajstić information content (AvgIpc) is 2.48. The van der Waals surface area contributed by atoms with Crippen LogP contribution in [0.25, 0.3) is 0 Å². The Morgan fingerprint density at radius 3 is 2.00 bits per heavy atom. The van der Waals surface area contributed by atoms with Crippen molar-refractivity contribution in [3.63, 3.8) is 0 Å². The van der Waals surface area contributed by atoms with Gasteiger partial charge in [0.25, 0.3) is 0 Å². The third-order valence-electron chi connectivity index (χ3n) is 3.55. The Labute approximate surface area is 116 Å². The van der Waals surface area contributed by atoms with Crippen molar-refractivity contribution in [3.05, 3.63) is 71.3 Å². The van der Waals surface area contributed by atoms with Crippen molar-refractivity contribution < 1.29 is 19.0 Å². The first-order valence-corrected chi connectivity index (χ1v) is 6.32. The molecule has 0 heterocycles. The van der Waals surface area contributed by atoms with Crippen LogP contribution >= 0.6 is 0 Å². The van der Waals surface area contributed by atoms with Crippen molar-refractivity contribution in [2.24, 2.45) is 0 Å². The maximum atomic E-state index is 13.7. The van der Waals surface area contributed by atoms with Gasteiger partial charge in [0.15, 0.2) is 0 Å². The maximum Gasteiger partial charge on any atom is 0.126 e. The summed E-state index contributed by atoms with van der Waals surface area (Å²) in [6.07, 6.45) is 0.137. The highest BCUT2D eigenvalue weighted by Crippen LogP contribution is 2.29. The van der Waals surface area contributed by atoms with Gasteiger partial charge < -0.3 is 10.2 Å². The fourth-order valence-corrected chi connectivity index (χ4v) is 2.26. The molecule has 0 saturated carbocycles. The highest BCUT2D eigenvalue weighted by molar-refractivity contribution is 5.31. The summed E-state index contributed by atoms with van der Waals surface area (Å²) in [7, 11) is 0. The Bertz CT molecular complexity index is 563. The summed E-state index contributed by atoms with van der Waals surface area (Å²) < 4.78 is 26.7. The zero-order chi connectivity index (χ0) is 14.6. The summed E-state index contributed by atoms with van der Waals surface area (Å²) >= 11 is 0. The second-order valence-corrected chi connectivity index (χ2v) is 4.87. The van der Waals surface area contributed by atoms with E-state index in [2.05, 4.69) is 0 Å². The molecule has 0 unspecified atom stereocenters. The number of rotatable bonds is 5. The van der Waals surface area contributed by atoms with Crippen molar-refractivity contribution in [2.45, 2.75) is 11.8 Å². The molecule has 0 amide bonds. The number of halogens is 2. The molecule has 0 spiro atoms. The molecule has 0 aliphatic rings. The van der Waals surface area contributed by atoms with Gasteiger partial charge in [-0.15, -0.1) is 0 Å². The van der Waals surface area contributed by atoms with Gasteiger partial charge in [-0.3, -0.25) is 0 Å². The summed E-state index contributed by atoms with van der Waals surface area (Å²) in [5.41, 5.74) is -0.0531. The van der Waals surface area contributed by atoms with E-state index in [0.717, 1.165) is 0 Å². The average molecular weight is 278 g/mol. The molecular weight excluding hydrogens is 262 g/mol. The van der Waals surface area contributed by atoms with Crippen LogP contribution in [0.1, 0.15) is 11.1 Å². The first-order valence-electron chi connectivity index (χ1n) is 6.32. The number of hydrogen-bond donors (Lipinski definition) is 2. The van der Waals surface area contributed by atoms with Gasteiger partial charge in [-0.05, 0) is 35.7 Å². The molecule has 2 aromatic carbocycles. The number of benzene rings is 2. The molecule has 4 heteroatoms. The molecule has 2 N–H and O–H groups in total. The Kier molecular flexibility index (Phi) is 4.47. The molecule has 106 valence electrons. The third-order valence-corrected chi connectivity index (χ3v) is 3.55. The van der Waals surface area contributed by atoms with E-state index in [1.54, 1.807) is 18.2 Å². The van der Waals surface area contributed by atoms with Crippen LogP contribution in [-0.2, 0) is 11.8 Å². The van der Waals surface area contributed by atoms with E-state index in [-0.39, 0.29) is 25.5 Å². The lowest BCUT2D eigenvalue weighted by Crippen LogP contribution is -2.37. The summed E-state index contributed by atoms with van der Waals surface area (Å²) in [4.78, 5) is 0. The van der Waals surface area contributed by atoms with Gasteiger partial charge in [0, 0.05) is 5.41 Å². The van der Waals surface area contributed by atoms with Crippen molar-refractivity contribution in [3.8, 4) is 0 Å². The van der Waals surface area contributed by atoms with Crippen molar-refractivity contribution in [1.82, 2.24) is 0 Å². The van der Waals surface area contributed by atoms with Crippen LogP contribution in [0.3, 0.4) is 0 Å². The summed E-state index contributed by atoms with van der Waals surface area (Å²) in [5.74, 6) is -0.787. The van der Waals surface area contributed by atoms with E-state index >= 15 is 0 Å². The molecule has 0 fully saturated rings. The number of hydrogen-bond acceptors (Lipinski definition) is 2. The van der Waals surface area contributed by atoms with E-state index in [0.29, 0.717) is 11.1 Å². The monoisotopic (exact) mass is 278 g/mol. The van der Waals surface area contributed by atoms with E-state index in [1.807, 2.05) is 0 Å². The molecule has 0 aliphatic carbocycles. The normalized spacial score (nSPS) is 11.6. The second kappa shape index (κ2) is 6.11. The topological polar surface area (TPSA) is 40.5 Å². The van der Waals surface area contributed by atoms with Crippen LogP contribution in [0.15, 0.2) is 48.5 Å². The zero-order valence-electron chi connectivity index (χ0n) is 10.9. The molecule has 2 nitrogen and oxygen atoms in total. The molecule has 0 saturated heterocycles. The SMILES string of the molecule is OCC(CO)(Cc1ccccc1F)c1ccc(F)cc1. The molecule has 0 aromatic heterocycles. The molecule has 0 atom stereocenters. The van der Waals surface area contributed by atoms with Gasteiger partial charge in [0.2, 0.25) is 0 Å². The Morgan fingerprint density at radius 1 is 0.850 bits per heavy atom. The van der Waals surface area contributed by atoms with Crippen molar-refractivity contribution in [2.75, 3.05) is 13.2 Å². The highest BCUT2D eigenvalue weighted by atomic mass is 19.1. The van der Waals surface area contributed by atoms with Crippen LogP contribution in [-0.4, -0.2) is 23.4 Å². The maximum absolute atomic E-state index is 13.7. The highest BCUT2D eigenvalue weighted by Gasteiger charge is 2.32. The number of aliphatic hydroxyl groups is 2. The summed E-state index contributed by atoms with van der Waals surface area (Å²) in [5, 5.41) is 19.4. The Balaban J connectivity index is 2.39. The molecule has 2 rings (SSSR count). The predicted molar refractivity (Wildman–Crippen MR) is 72.4 cm³/mol. The van der Waals surface area contributed by atoms with Crippen molar-refractivity contribution >= 4 is 0 Å². The molecule has 0 radical (unpaired) electrons. The summed E-state index contributed by atoms with van der Waals surface area (Å²) in [6, 6.07) is 11.7. The lowest BCUT2D eigenvalue weighted by atomic mass is 9.76. The lowest BCUT2D eigenvalue weighted by molar-refractivity contribution is 0.115. The van der Waals surface area contributed by atoms with Gasteiger partial charge in [-0.2, -0.15) is 0 Å². The lowest BCUT2D eigenvalue weighted by Gasteiger charge is -2.30. The predicted octanol–water partition coefficient (Wildman–Crippen LogP) is 2.43. The first-order chi connectivity index (χ1) is 9.61. The van der Waals surface area contributed by atoms with Gasteiger partial charge in [0.1, 0.15) is 11.6 Å². The minimum absolute atomic E-state index is 0.137. The molecular formula is C16H16F2O2. The summed E-state index contributed by atoms with van der Waals surface area (Å²) in [6.45, 7) is -0.715. The van der Waals surface area contributed by atoms with Crippen molar-refractivity contribution in [1.29, 1.82) is 0 Å². The number of aliphatic hydroxyl groups excluding tert-OH is 2. The van der Waals surface area contributed by atoms with Crippen LogP contribution < -0.4 is 0 Å². The third kappa shape index (κ3) is 2.86. The van der Waals surface area contributed by atoms with Crippen LogP contribution in [0.2, 0.25) is 0 Å². The smallest absolute Gasteiger partial charge is 0.126 e. The minimum Gasteiger partial charge on any atom is -0.395 e. The van der Waals surface area contributed by atoms with E-state index in [9.17, 15) is 19.0 Å². The van der Waals surface area contributed by atoms with Gasteiger partial charge in [-0.1, -0.05) is 30.3 Å².